The summed E-state index contributed by atoms with van der Waals surface area (Å²) in [7, 11) is 0. The van der Waals surface area contributed by atoms with E-state index in [-0.39, 0.29) is 61.8 Å². The second kappa shape index (κ2) is 21.3. The number of carboxylic acid groups (broad SMARTS) is 1. The molecule has 0 saturated carbocycles. The van der Waals surface area contributed by atoms with Crippen LogP contribution in [0.1, 0.15) is 63.5 Å². The Balaban J connectivity index is 0.000000662. The second-order valence-corrected chi connectivity index (χ2v) is 13.8. The number of phenols is 1. The largest absolute Gasteiger partial charge is 0.502 e. The number of ether oxygens (including phenoxy) is 2. The van der Waals surface area contributed by atoms with Gasteiger partial charge in [-0.05, 0) is 35.2 Å². The molecule has 2 aliphatic heterocycles. The number of aliphatic hydroxyl groups is 2. The molecule has 2 aromatic carbocycles. The Morgan fingerprint density at radius 1 is 1.09 bits per heavy atom. The summed E-state index contributed by atoms with van der Waals surface area (Å²) < 4.78 is 11.9. The fraction of sp³-hybridized carbons (Fsp3) is 0.486. The first-order valence-electron chi connectivity index (χ1n) is 17.8. The molecule has 4 unspecified atom stereocenters. The van der Waals surface area contributed by atoms with Crippen molar-refractivity contribution in [1.29, 1.82) is 0 Å². The number of nitrogens with zero attached hydrogens (tertiary/aromatic N) is 5. The number of carbonyl (C=O) groups is 5. The molecule has 4 atom stereocenters. The first-order valence-corrected chi connectivity index (χ1v) is 17.8. The van der Waals surface area contributed by atoms with Crippen LogP contribution in [0.25, 0.3) is 0 Å². The molecule has 3 aromatic rings. The molecule has 5 N–H and O–H groups in total. The van der Waals surface area contributed by atoms with Crippen molar-refractivity contribution in [3.63, 3.8) is 0 Å². The number of anilines is 1. The van der Waals surface area contributed by atoms with Crippen LogP contribution in [0.3, 0.4) is 0 Å². The standard InChI is InChI=1S/C31H36N6O8.C5H10O3.CH2O2/c1-18(2)24-16-29(40)36(30(24)41)23-8-5-20(6-9-23)13-28(39)32-11-12-35-17-22(33-34-35)15-27(45-31(42)19(3)4)21-7-10-26(38)25(14-21)37(43)44;6-4-1-5(7)3-8-2-4;2-1-3/h5-10,14,17-19,24,27,38H,11-13,15-16H2,1-4H3,(H,32,39);4-7H,1-3H2;1H,(H,2,3). The van der Waals surface area contributed by atoms with Gasteiger partial charge in [-0.1, -0.05) is 51.1 Å². The van der Waals surface area contributed by atoms with E-state index in [1.54, 1.807) is 44.3 Å². The van der Waals surface area contributed by atoms with Gasteiger partial charge < -0.3 is 35.2 Å². The van der Waals surface area contributed by atoms with Gasteiger partial charge >= 0.3 is 11.7 Å². The molecule has 2 saturated heterocycles. The summed E-state index contributed by atoms with van der Waals surface area (Å²) in [6.45, 7) is 8.22. The number of esters is 1. The number of benzene rings is 2. The number of nitro groups is 1. The molecule has 304 valence electrons. The number of hydrogen-bond donors (Lipinski definition) is 5. The van der Waals surface area contributed by atoms with Gasteiger partial charge in [0.15, 0.2) is 5.75 Å². The number of nitrogens with one attached hydrogen (secondary N) is 1. The maximum absolute atomic E-state index is 12.7. The molecule has 0 aliphatic carbocycles. The molecule has 3 amide bonds. The van der Waals surface area contributed by atoms with Gasteiger partial charge in [-0.3, -0.25) is 43.7 Å². The van der Waals surface area contributed by atoms with Crippen LogP contribution in [-0.4, -0.2) is 102 Å². The van der Waals surface area contributed by atoms with E-state index < -0.39 is 46.6 Å². The number of nitro benzene ring substituents is 1. The Kier molecular flexibility index (Phi) is 17.0. The van der Waals surface area contributed by atoms with Gasteiger partial charge in [0.05, 0.1) is 66.5 Å². The van der Waals surface area contributed by atoms with Crippen molar-refractivity contribution in [3.05, 3.63) is 75.6 Å². The normalized spacial score (nSPS) is 18.4. The lowest BCUT2D eigenvalue weighted by Crippen LogP contribution is -2.32. The molecule has 19 heteroatoms. The third-order valence-corrected chi connectivity index (χ3v) is 8.65. The molecule has 0 bridgehead atoms. The minimum Gasteiger partial charge on any atom is -0.502 e. The smallest absolute Gasteiger partial charge is 0.311 e. The third-order valence-electron chi connectivity index (χ3n) is 8.65. The van der Waals surface area contributed by atoms with Crippen molar-refractivity contribution < 1.29 is 58.8 Å². The zero-order valence-electron chi connectivity index (χ0n) is 31.5. The van der Waals surface area contributed by atoms with E-state index in [0.29, 0.717) is 43.1 Å². The monoisotopic (exact) mass is 784 g/mol. The highest BCUT2D eigenvalue weighted by Gasteiger charge is 2.40. The first-order chi connectivity index (χ1) is 26.5. The summed E-state index contributed by atoms with van der Waals surface area (Å²) in [5, 5.41) is 56.6. The molecular weight excluding hydrogens is 736 g/mol. The van der Waals surface area contributed by atoms with Gasteiger partial charge in [-0.25, -0.2) is 0 Å². The van der Waals surface area contributed by atoms with E-state index in [4.69, 9.17) is 29.6 Å². The quantitative estimate of drug-likeness (QED) is 0.0546. The maximum Gasteiger partial charge on any atom is 0.311 e. The fourth-order valence-electron chi connectivity index (χ4n) is 5.68. The van der Waals surface area contributed by atoms with Crippen LogP contribution in [0.4, 0.5) is 11.4 Å². The molecular formula is C37H48N6O13. The summed E-state index contributed by atoms with van der Waals surface area (Å²) in [6, 6.07) is 10.5. The Morgan fingerprint density at radius 3 is 2.27 bits per heavy atom. The predicted molar refractivity (Wildman–Crippen MR) is 197 cm³/mol. The number of phenolic OH excluding ortho intramolecular Hbond substituents is 1. The number of aromatic nitrogens is 3. The van der Waals surface area contributed by atoms with Crippen molar-refractivity contribution in [2.75, 3.05) is 24.7 Å². The number of rotatable bonds is 13. The van der Waals surface area contributed by atoms with Crippen LogP contribution in [0, 0.1) is 27.9 Å². The van der Waals surface area contributed by atoms with Crippen LogP contribution in [0.5, 0.6) is 5.75 Å². The number of hydrogen-bond acceptors (Lipinski definition) is 14. The third kappa shape index (κ3) is 13.2. The lowest BCUT2D eigenvalue weighted by Gasteiger charge is -2.21. The number of carbonyl (C=O) groups excluding carboxylic acids is 4. The van der Waals surface area contributed by atoms with Gasteiger partial charge in [0, 0.05) is 38.1 Å². The highest BCUT2D eigenvalue weighted by molar-refractivity contribution is 6.21. The van der Waals surface area contributed by atoms with Gasteiger partial charge in [0.1, 0.15) is 6.10 Å². The van der Waals surface area contributed by atoms with Crippen LogP contribution in [-0.2, 0) is 52.8 Å². The summed E-state index contributed by atoms with van der Waals surface area (Å²) >= 11 is 0. The Labute approximate surface area is 322 Å². The van der Waals surface area contributed by atoms with E-state index in [1.165, 1.54) is 21.7 Å². The average Bonchev–Trinajstić information content (AvgIpc) is 3.71. The highest BCUT2D eigenvalue weighted by atomic mass is 16.6. The Hall–Kier alpha value is -5.79. The topological polar surface area (TPSA) is 274 Å². The van der Waals surface area contributed by atoms with Crippen molar-refractivity contribution in [2.45, 2.75) is 78.2 Å². The van der Waals surface area contributed by atoms with Crippen molar-refractivity contribution in [2.24, 2.45) is 17.8 Å². The molecule has 56 heavy (non-hydrogen) atoms. The van der Waals surface area contributed by atoms with Gasteiger partial charge in [-0.2, -0.15) is 0 Å². The van der Waals surface area contributed by atoms with Crippen LogP contribution in [0.2, 0.25) is 0 Å². The lowest BCUT2D eigenvalue weighted by atomic mass is 9.94. The minimum atomic E-state index is -0.909. The number of imide groups is 1. The van der Waals surface area contributed by atoms with Crippen LogP contribution >= 0.6 is 0 Å². The first kappa shape index (κ1) is 44.6. The van der Waals surface area contributed by atoms with Crippen molar-refractivity contribution >= 4 is 41.5 Å². The zero-order chi connectivity index (χ0) is 41.5. The SMILES string of the molecule is CC(C)C(=O)OC(Cc1cn(CCNC(=O)Cc2ccc(N3C(=O)CC(C(C)C)C3=O)cc2)nn1)c1ccc(O)c([N+](=O)[O-])c1.O=CO.OC1COCC(O)C1. The van der Waals surface area contributed by atoms with Crippen molar-refractivity contribution in [1.82, 2.24) is 20.3 Å². The maximum atomic E-state index is 12.7. The summed E-state index contributed by atoms with van der Waals surface area (Å²) in [5.41, 5.74) is 1.47. The number of aliphatic hydroxyl groups excluding tert-OH is 2. The molecule has 0 spiro atoms. The van der Waals surface area contributed by atoms with E-state index in [2.05, 4.69) is 15.6 Å². The lowest BCUT2D eigenvalue weighted by molar-refractivity contribution is -0.386. The molecule has 1 aromatic heterocycles. The van der Waals surface area contributed by atoms with E-state index >= 15 is 0 Å². The molecule has 2 aliphatic rings. The molecule has 0 radical (unpaired) electrons. The second-order valence-electron chi connectivity index (χ2n) is 13.8. The van der Waals surface area contributed by atoms with Crippen LogP contribution in [0.15, 0.2) is 48.7 Å². The molecule has 5 rings (SSSR count). The average molecular weight is 785 g/mol. The molecule has 19 nitrogen and oxygen atoms in total. The highest BCUT2D eigenvalue weighted by Crippen LogP contribution is 2.33. The molecule has 3 heterocycles. The van der Waals surface area contributed by atoms with Gasteiger partial charge in [0.25, 0.3) is 6.47 Å². The summed E-state index contributed by atoms with van der Waals surface area (Å²) in [5.74, 6) is -2.35. The number of amides is 3. The Morgan fingerprint density at radius 2 is 1.73 bits per heavy atom. The van der Waals surface area contributed by atoms with Gasteiger partial charge in [-0.15, -0.1) is 5.10 Å². The molecule has 2 fully saturated rings. The predicted octanol–water partition coefficient (Wildman–Crippen LogP) is 2.10. The van der Waals surface area contributed by atoms with E-state index in [9.17, 15) is 34.4 Å². The summed E-state index contributed by atoms with van der Waals surface area (Å²) in [4.78, 5) is 70.1. The zero-order valence-corrected chi connectivity index (χ0v) is 31.5. The van der Waals surface area contributed by atoms with E-state index in [1.807, 2.05) is 13.8 Å². The Bertz CT molecular complexity index is 1810. The van der Waals surface area contributed by atoms with Crippen molar-refractivity contribution in [3.8, 4) is 5.75 Å². The minimum absolute atomic E-state index is 0.0709. The summed E-state index contributed by atoms with van der Waals surface area (Å²) in [6.07, 6.45) is 0.631. The van der Waals surface area contributed by atoms with Crippen LogP contribution < -0.4 is 10.2 Å². The number of aromatic hydroxyl groups is 1. The van der Waals surface area contributed by atoms with E-state index in [0.717, 1.165) is 11.6 Å². The fourth-order valence-corrected chi connectivity index (χ4v) is 5.68. The van der Waals surface area contributed by atoms with Gasteiger partial charge in [0.2, 0.25) is 17.7 Å².